The second kappa shape index (κ2) is 5.24. The average Bonchev–Trinajstić information content (AvgIpc) is 3.11. The first-order valence-electron chi connectivity index (χ1n) is 7.57. The summed E-state index contributed by atoms with van der Waals surface area (Å²) < 4.78 is 0. The van der Waals surface area contributed by atoms with Crippen molar-refractivity contribution in [1.29, 1.82) is 0 Å². The molecule has 2 aromatic rings. The van der Waals surface area contributed by atoms with Crippen molar-refractivity contribution in [3.8, 4) is 0 Å². The smallest absolute Gasteiger partial charge is 0.194 e. The maximum Gasteiger partial charge on any atom is 0.194 e. The minimum Gasteiger partial charge on any atom is -0.351 e. The molecule has 0 saturated carbocycles. The van der Waals surface area contributed by atoms with Gasteiger partial charge in [-0.1, -0.05) is 60.7 Å². The van der Waals surface area contributed by atoms with E-state index >= 15 is 0 Å². The van der Waals surface area contributed by atoms with Crippen LogP contribution in [-0.4, -0.2) is 36.5 Å². The molecule has 4 rings (SSSR count). The fourth-order valence-corrected chi connectivity index (χ4v) is 3.41. The van der Waals surface area contributed by atoms with Crippen LogP contribution in [0.4, 0.5) is 0 Å². The van der Waals surface area contributed by atoms with Crippen LogP contribution in [0, 0.1) is 0 Å². The van der Waals surface area contributed by atoms with Crippen LogP contribution < -0.4 is 5.32 Å². The van der Waals surface area contributed by atoms with E-state index in [1.54, 1.807) is 0 Å². The zero-order valence-electron chi connectivity index (χ0n) is 11.9. The van der Waals surface area contributed by atoms with Gasteiger partial charge in [0.25, 0.3) is 0 Å². The van der Waals surface area contributed by atoms with E-state index < -0.39 is 0 Å². The van der Waals surface area contributed by atoms with E-state index in [2.05, 4.69) is 75.9 Å². The van der Waals surface area contributed by atoms with E-state index in [1.165, 1.54) is 11.1 Å². The molecular weight excluding hydrogens is 258 g/mol. The van der Waals surface area contributed by atoms with Crippen LogP contribution in [0.25, 0.3) is 0 Å². The van der Waals surface area contributed by atoms with Crippen molar-refractivity contribution in [2.24, 2.45) is 4.99 Å². The average molecular weight is 277 g/mol. The minimum absolute atomic E-state index is 0.362. The zero-order valence-corrected chi connectivity index (χ0v) is 11.9. The van der Waals surface area contributed by atoms with E-state index in [4.69, 9.17) is 0 Å². The molecule has 0 radical (unpaired) electrons. The fourth-order valence-electron chi connectivity index (χ4n) is 3.41. The molecule has 1 saturated heterocycles. The Bertz CT molecular complexity index is 597. The topological polar surface area (TPSA) is 27.6 Å². The van der Waals surface area contributed by atoms with Crippen LogP contribution >= 0.6 is 0 Å². The molecule has 3 heteroatoms. The predicted molar refractivity (Wildman–Crippen MR) is 85.5 cm³/mol. The molecular formula is C18H19N3. The molecule has 21 heavy (non-hydrogen) atoms. The van der Waals surface area contributed by atoms with Crippen LogP contribution in [0.2, 0.25) is 0 Å². The molecule has 1 atom stereocenters. The van der Waals surface area contributed by atoms with Crippen molar-refractivity contribution < 1.29 is 0 Å². The zero-order chi connectivity index (χ0) is 14.1. The van der Waals surface area contributed by atoms with Crippen molar-refractivity contribution in [3.63, 3.8) is 0 Å². The Labute approximate surface area is 125 Å². The Morgan fingerprint density at radius 2 is 1.57 bits per heavy atom. The maximum absolute atomic E-state index is 4.55. The normalized spacial score (nSPS) is 20.3. The molecule has 0 spiro atoms. The Balaban J connectivity index is 1.71. The molecule has 1 unspecified atom stereocenters. The Morgan fingerprint density at radius 3 is 2.14 bits per heavy atom. The lowest BCUT2D eigenvalue weighted by Crippen LogP contribution is -2.33. The van der Waals surface area contributed by atoms with Gasteiger partial charge < -0.3 is 10.2 Å². The number of hydrogen-bond donors (Lipinski definition) is 1. The van der Waals surface area contributed by atoms with Gasteiger partial charge in [-0.2, -0.15) is 0 Å². The van der Waals surface area contributed by atoms with Crippen molar-refractivity contribution in [2.75, 3.05) is 19.6 Å². The van der Waals surface area contributed by atoms with Gasteiger partial charge >= 0.3 is 0 Å². The molecule has 2 aromatic carbocycles. The van der Waals surface area contributed by atoms with E-state index in [9.17, 15) is 0 Å². The number of hydrogen-bond acceptors (Lipinski definition) is 3. The molecule has 2 aliphatic heterocycles. The van der Waals surface area contributed by atoms with Crippen molar-refractivity contribution in [3.05, 3.63) is 71.8 Å². The molecule has 1 fully saturated rings. The van der Waals surface area contributed by atoms with Gasteiger partial charge in [0.05, 0.1) is 12.6 Å². The van der Waals surface area contributed by atoms with Crippen LogP contribution in [0.1, 0.15) is 17.0 Å². The lowest BCUT2D eigenvalue weighted by molar-refractivity contribution is 0.439. The van der Waals surface area contributed by atoms with Gasteiger partial charge in [-0.25, -0.2) is 0 Å². The molecule has 2 aliphatic rings. The molecule has 0 aromatic heterocycles. The van der Waals surface area contributed by atoms with Crippen LogP contribution in [0.15, 0.2) is 65.7 Å². The summed E-state index contributed by atoms with van der Waals surface area (Å²) in [5.41, 5.74) is 2.73. The third kappa shape index (κ3) is 2.29. The van der Waals surface area contributed by atoms with E-state index in [-0.39, 0.29) is 0 Å². The number of rotatable bonds is 3. The summed E-state index contributed by atoms with van der Waals surface area (Å²) in [7, 11) is 0. The van der Waals surface area contributed by atoms with E-state index in [0.29, 0.717) is 12.0 Å². The number of nitrogens with one attached hydrogen (secondary N) is 1. The summed E-state index contributed by atoms with van der Waals surface area (Å²) in [4.78, 5) is 6.91. The molecule has 2 heterocycles. The Morgan fingerprint density at radius 1 is 0.952 bits per heavy atom. The molecule has 3 nitrogen and oxygen atoms in total. The van der Waals surface area contributed by atoms with Gasteiger partial charge in [-0.3, -0.25) is 4.99 Å². The van der Waals surface area contributed by atoms with Gasteiger partial charge in [0, 0.05) is 19.0 Å². The number of guanidine groups is 1. The second-order valence-electron chi connectivity index (χ2n) is 5.70. The number of fused-ring (bicyclic) bond motifs is 1. The molecule has 1 N–H and O–H groups in total. The minimum atomic E-state index is 0.362. The monoisotopic (exact) mass is 277 g/mol. The van der Waals surface area contributed by atoms with Crippen molar-refractivity contribution in [2.45, 2.75) is 12.0 Å². The van der Waals surface area contributed by atoms with Gasteiger partial charge in [-0.05, 0) is 11.1 Å². The molecule has 0 amide bonds. The third-order valence-electron chi connectivity index (χ3n) is 4.38. The highest BCUT2D eigenvalue weighted by molar-refractivity contribution is 5.84. The van der Waals surface area contributed by atoms with E-state index in [1.807, 2.05) is 0 Å². The van der Waals surface area contributed by atoms with E-state index in [0.717, 1.165) is 25.6 Å². The first-order chi connectivity index (χ1) is 10.4. The number of benzene rings is 2. The lowest BCUT2D eigenvalue weighted by atomic mass is 9.85. The van der Waals surface area contributed by atoms with Gasteiger partial charge in [0.15, 0.2) is 5.96 Å². The molecule has 106 valence electrons. The summed E-state index contributed by atoms with van der Waals surface area (Å²) in [5.74, 6) is 1.44. The summed E-state index contributed by atoms with van der Waals surface area (Å²) in [6.07, 6.45) is 0. The molecule has 0 bridgehead atoms. The summed E-state index contributed by atoms with van der Waals surface area (Å²) in [6.45, 7) is 3.01. The fraction of sp³-hybridized carbons (Fsp3) is 0.278. The second-order valence-corrected chi connectivity index (χ2v) is 5.70. The maximum atomic E-state index is 4.55. The highest BCUT2D eigenvalue weighted by atomic mass is 15.4. The summed E-state index contributed by atoms with van der Waals surface area (Å²) in [6, 6.07) is 21.9. The predicted octanol–water partition coefficient (Wildman–Crippen LogP) is 2.46. The summed E-state index contributed by atoms with van der Waals surface area (Å²) >= 11 is 0. The number of nitrogens with zero attached hydrogens (tertiary/aromatic N) is 2. The first-order valence-corrected chi connectivity index (χ1v) is 7.57. The standard InChI is InChI=1S/C18H19N3/c1-3-7-14(8-4-1)17(15-9-5-2-6-10-15)16-13-21-12-11-19-18(21)20-16/h1-10,16-17H,11-13H2,(H,19,20). The first kappa shape index (κ1) is 12.5. The third-order valence-corrected chi connectivity index (χ3v) is 4.38. The summed E-state index contributed by atoms with van der Waals surface area (Å²) in [5, 5.41) is 3.63. The Hall–Kier alpha value is -2.29. The van der Waals surface area contributed by atoms with Crippen LogP contribution in [-0.2, 0) is 0 Å². The van der Waals surface area contributed by atoms with Gasteiger partial charge in [0.2, 0.25) is 0 Å². The largest absolute Gasteiger partial charge is 0.351 e. The quantitative estimate of drug-likeness (QED) is 0.933. The highest BCUT2D eigenvalue weighted by Gasteiger charge is 2.35. The SMILES string of the molecule is c1ccc(C(c2ccccc2)C2CN3CCN=C3N2)cc1. The van der Waals surface area contributed by atoms with Crippen LogP contribution in [0.5, 0.6) is 0 Å². The van der Waals surface area contributed by atoms with Crippen LogP contribution in [0.3, 0.4) is 0 Å². The highest BCUT2D eigenvalue weighted by Crippen LogP contribution is 2.31. The lowest BCUT2D eigenvalue weighted by Gasteiger charge is -2.24. The molecule has 0 aliphatic carbocycles. The van der Waals surface area contributed by atoms with Crippen molar-refractivity contribution >= 4 is 5.96 Å². The van der Waals surface area contributed by atoms with Gasteiger partial charge in [-0.15, -0.1) is 0 Å². The Kier molecular flexibility index (Phi) is 3.11. The van der Waals surface area contributed by atoms with Gasteiger partial charge in [0.1, 0.15) is 0 Å². The number of aliphatic imine (C=N–C) groups is 1. The van der Waals surface area contributed by atoms with Crippen molar-refractivity contribution in [1.82, 2.24) is 10.2 Å².